The predicted octanol–water partition coefficient (Wildman–Crippen LogP) is 3.02. The maximum absolute atomic E-state index is 12.7. The van der Waals surface area contributed by atoms with Crippen molar-refractivity contribution in [3.05, 3.63) is 22.8 Å². The molecule has 0 saturated carbocycles. The van der Waals surface area contributed by atoms with Gasteiger partial charge in [0, 0.05) is 19.3 Å². The van der Waals surface area contributed by atoms with E-state index in [-0.39, 0.29) is 5.91 Å². The number of amides is 1. The van der Waals surface area contributed by atoms with E-state index in [0.29, 0.717) is 20.9 Å². The normalized spacial score (nSPS) is 15.2. The molecule has 1 fully saturated rings. The fourth-order valence-corrected chi connectivity index (χ4v) is 4.34. The summed E-state index contributed by atoms with van der Waals surface area (Å²) in [5.41, 5.74) is 9.75. The highest BCUT2D eigenvalue weighted by atomic mass is 32.1. The fourth-order valence-electron chi connectivity index (χ4n) is 2.75. The molecular weight excluding hydrogens is 330 g/mol. The lowest BCUT2D eigenvalue weighted by molar-refractivity contribution is 0.0730. The zero-order chi connectivity index (χ0) is 15.8. The first-order valence-electron chi connectivity index (χ1n) is 7.47. The molecule has 2 N–H and O–H groups in total. The van der Waals surface area contributed by atoms with Gasteiger partial charge in [-0.1, -0.05) is 0 Å². The third-order valence-electron chi connectivity index (χ3n) is 3.96. The van der Waals surface area contributed by atoms with Crippen LogP contribution in [0.2, 0.25) is 0 Å². The Kier molecular flexibility index (Phi) is 3.70. The Hall–Kier alpha value is -2.06. The maximum atomic E-state index is 12.7. The summed E-state index contributed by atoms with van der Waals surface area (Å²) in [7, 11) is 0. The number of thiophene rings is 1. The number of nitrogens with zero attached hydrogens (tertiary/aromatic N) is 4. The van der Waals surface area contributed by atoms with Crippen LogP contribution in [-0.4, -0.2) is 38.8 Å². The zero-order valence-corrected chi connectivity index (χ0v) is 14.0. The third kappa shape index (κ3) is 2.57. The van der Waals surface area contributed by atoms with Crippen LogP contribution in [0.25, 0.3) is 20.9 Å². The van der Waals surface area contributed by atoms with E-state index < -0.39 is 0 Å². The second kappa shape index (κ2) is 5.86. The van der Waals surface area contributed by atoms with Crippen LogP contribution in [0.4, 0.5) is 5.69 Å². The molecule has 1 aliphatic rings. The Morgan fingerprint density at radius 2 is 2.04 bits per heavy atom. The number of nitrogens with two attached hydrogens (primary N) is 1. The summed E-state index contributed by atoms with van der Waals surface area (Å²) >= 11 is 2.84. The van der Waals surface area contributed by atoms with Crippen molar-refractivity contribution >= 4 is 44.6 Å². The second-order valence-electron chi connectivity index (χ2n) is 5.47. The fraction of sp³-hybridized carbons (Fsp3) is 0.333. The van der Waals surface area contributed by atoms with Crippen LogP contribution < -0.4 is 5.73 Å². The van der Waals surface area contributed by atoms with Gasteiger partial charge in [0.1, 0.15) is 20.9 Å². The third-order valence-corrected chi connectivity index (χ3v) is 5.83. The maximum Gasteiger partial charge on any atom is 0.266 e. The molecule has 0 aromatic carbocycles. The summed E-state index contributed by atoms with van der Waals surface area (Å²) in [6.07, 6.45) is 6.75. The van der Waals surface area contributed by atoms with E-state index in [1.54, 1.807) is 17.9 Å². The Morgan fingerprint density at radius 3 is 2.78 bits per heavy atom. The monoisotopic (exact) mass is 345 g/mol. The van der Waals surface area contributed by atoms with Gasteiger partial charge < -0.3 is 10.6 Å². The number of nitrogen functional groups attached to an aromatic ring is 1. The van der Waals surface area contributed by atoms with Gasteiger partial charge in [-0.2, -0.15) is 0 Å². The molecule has 6 nitrogen and oxygen atoms in total. The largest absolute Gasteiger partial charge is 0.396 e. The average molecular weight is 345 g/mol. The van der Waals surface area contributed by atoms with E-state index in [4.69, 9.17) is 5.73 Å². The van der Waals surface area contributed by atoms with Crippen molar-refractivity contribution in [3.8, 4) is 10.6 Å². The smallest absolute Gasteiger partial charge is 0.266 e. The highest BCUT2D eigenvalue weighted by Crippen LogP contribution is 2.34. The van der Waals surface area contributed by atoms with Crippen LogP contribution in [0.15, 0.2) is 17.9 Å². The Morgan fingerprint density at radius 1 is 1.22 bits per heavy atom. The van der Waals surface area contributed by atoms with Crippen LogP contribution in [0, 0.1) is 0 Å². The summed E-state index contributed by atoms with van der Waals surface area (Å²) in [6.45, 7) is 1.61. The molecule has 1 saturated heterocycles. The number of hydrogen-bond acceptors (Lipinski definition) is 7. The Balaban J connectivity index is 1.73. The van der Waals surface area contributed by atoms with Crippen LogP contribution in [0.3, 0.4) is 0 Å². The molecule has 8 heteroatoms. The van der Waals surface area contributed by atoms with Gasteiger partial charge in [-0.3, -0.25) is 9.78 Å². The number of carbonyl (C=O) groups excluding carboxylic acids is 1. The molecule has 3 aromatic heterocycles. The first-order chi connectivity index (χ1) is 11.2. The molecule has 0 aliphatic carbocycles. The number of fused-ring (bicyclic) bond motifs is 1. The number of likely N-dealkylation sites (tertiary alicyclic amines) is 1. The Bertz CT molecular complexity index is 852. The number of thiazole rings is 1. The van der Waals surface area contributed by atoms with Crippen LogP contribution >= 0.6 is 22.7 Å². The average Bonchev–Trinajstić information content (AvgIpc) is 3.23. The van der Waals surface area contributed by atoms with E-state index in [1.807, 2.05) is 4.90 Å². The summed E-state index contributed by atoms with van der Waals surface area (Å²) in [6, 6.07) is 0. The molecule has 23 heavy (non-hydrogen) atoms. The van der Waals surface area contributed by atoms with Gasteiger partial charge >= 0.3 is 0 Å². The number of aromatic nitrogens is 3. The van der Waals surface area contributed by atoms with Crippen molar-refractivity contribution in [2.45, 2.75) is 19.3 Å². The number of anilines is 1. The van der Waals surface area contributed by atoms with Gasteiger partial charge in [0.15, 0.2) is 0 Å². The van der Waals surface area contributed by atoms with Crippen molar-refractivity contribution in [1.29, 1.82) is 0 Å². The molecule has 0 bridgehead atoms. The van der Waals surface area contributed by atoms with Gasteiger partial charge in [0.05, 0.1) is 22.3 Å². The van der Waals surface area contributed by atoms with E-state index in [9.17, 15) is 4.79 Å². The second-order valence-corrected chi connectivity index (χ2v) is 7.36. The van der Waals surface area contributed by atoms with E-state index in [0.717, 1.165) is 36.5 Å². The first-order valence-corrected chi connectivity index (χ1v) is 9.17. The lowest BCUT2D eigenvalue weighted by Crippen LogP contribution is -2.35. The topological polar surface area (TPSA) is 85.0 Å². The zero-order valence-electron chi connectivity index (χ0n) is 12.4. The standard InChI is InChI=1S/C15H15N5OS2/c16-11-12-14(19-9(6-18-12)10-7-17-8-22-10)23-13(11)15(21)20-4-2-1-3-5-20/h6-8H,1-5,16H2. The molecule has 1 aliphatic heterocycles. The number of rotatable bonds is 2. The minimum Gasteiger partial charge on any atom is -0.396 e. The van der Waals surface area contributed by atoms with Gasteiger partial charge in [-0.05, 0) is 19.3 Å². The molecule has 4 rings (SSSR count). The summed E-state index contributed by atoms with van der Waals surface area (Å²) in [4.78, 5) is 29.9. The van der Waals surface area contributed by atoms with Gasteiger partial charge in [-0.15, -0.1) is 22.7 Å². The van der Waals surface area contributed by atoms with Crippen molar-refractivity contribution in [2.75, 3.05) is 18.8 Å². The van der Waals surface area contributed by atoms with Crippen LogP contribution in [0.5, 0.6) is 0 Å². The lowest BCUT2D eigenvalue weighted by atomic mass is 10.1. The predicted molar refractivity (Wildman–Crippen MR) is 92.7 cm³/mol. The molecule has 0 atom stereocenters. The molecule has 0 radical (unpaired) electrons. The minimum atomic E-state index is 0.00587. The first kappa shape index (κ1) is 14.5. The van der Waals surface area contributed by atoms with Crippen LogP contribution in [0.1, 0.15) is 28.9 Å². The number of carbonyl (C=O) groups is 1. The van der Waals surface area contributed by atoms with Crippen LogP contribution in [-0.2, 0) is 0 Å². The van der Waals surface area contributed by atoms with E-state index in [1.165, 1.54) is 29.1 Å². The van der Waals surface area contributed by atoms with E-state index >= 15 is 0 Å². The molecule has 0 spiro atoms. The van der Waals surface area contributed by atoms with Gasteiger partial charge in [0.2, 0.25) is 0 Å². The minimum absolute atomic E-state index is 0.00587. The number of hydrogen-bond donors (Lipinski definition) is 1. The SMILES string of the molecule is Nc1c(C(=O)N2CCCCC2)sc2nc(-c3cncs3)cnc12. The number of piperidine rings is 1. The van der Waals surface area contributed by atoms with Crippen molar-refractivity contribution in [1.82, 2.24) is 19.9 Å². The quantitative estimate of drug-likeness (QED) is 0.771. The summed E-state index contributed by atoms with van der Waals surface area (Å²) in [5, 5.41) is 0. The van der Waals surface area contributed by atoms with E-state index in [2.05, 4.69) is 15.0 Å². The molecule has 118 valence electrons. The van der Waals surface area contributed by atoms with Gasteiger partial charge in [0.25, 0.3) is 5.91 Å². The highest BCUT2D eigenvalue weighted by Gasteiger charge is 2.24. The molecule has 3 aromatic rings. The molecule has 0 unspecified atom stereocenters. The summed E-state index contributed by atoms with van der Waals surface area (Å²) in [5.74, 6) is 0.00587. The lowest BCUT2D eigenvalue weighted by Gasteiger charge is -2.26. The van der Waals surface area contributed by atoms with Crippen molar-refractivity contribution in [2.24, 2.45) is 0 Å². The van der Waals surface area contributed by atoms with Crippen molar-refractivity contribution in [3.63, 3.8) is 0 Å². The molecule has 1 amide bonds. The summed E-state index contributed by atoms with van der Waals surface area (Å²) < 4.78 is 0. The molecule has 4 heterocycles. The van der Waals surface area contributed by atoms with Crippen molar-refractivity contribution < 1.29 is 4.79 Å². The Labute approximate surface area is 141 Å². The molecular formula is C15H15N5OS2. The van der Waals surface area contributed by atoms with Gasteiger partial charge in [-0.25, -0.2) is 9.97 Å². The highest BCUT2D eigenvalue weighted by molar-refractivity contribution is 7.21.